The Kier molecular flexibility index (Phi) is 3.69. The van der Waals surface area contributed by atoms with Crippen LogP contribution < -0.4 is 10.6 Å². The summed E-state index contributed by atoms with van der Waals surface area (Å²) < 4.78 is 0. The normalized spacial score (nSPS) is 18.7. The molecule has 3 heteroatoms. The van der Waals surface area contributed by atoms with E-state index in [9.17, 15) is 5.11 Å². The highest BCUT2D eigenvalue weighted by Gasteiger charge is 2.18. The van der Waals surface area contributed by atoms with Crippen molar-refractivity contribution in [2.24, 2.45) is 5.73 Å². The van der Waals surface area contributed by atoms with E-state index in [1.807, 2.05) is 13.8 Å². The van der Waals surface area contributed by atoms with Crippen LogP contribution >= 0.6 is 0 Å². The van der Waals surface area contributed by atoms with Crippen LogP contribution in [0.5, 0.6) is 0 Å². The maximum absolute atomic E-state index is 9.51. The average molecular weight is 234 g/mol. The fourth-order valence-electron chi connectivity index (χ4n) is 2.49. The number of hydrogen-bond donors (Lipinski definition) is 2. The molecule has 0 saturated carbocycles. The molecule has 2 atom stereocenters. The molecule has 2 rings (SSSR count). The summed E-state index contributed by atoms with van der Waals surface area (Å²) in [5, 5.41) is 9.51. The third kappa shape index (κ3) is 2.79. The Balaban J connectivity index is 2.27. The van der Waals surface area contributed by atoms with Crippen LogP contribution in [0.3, 0.4) is 0 Å². The van der Waals surface area contributed by atoms with E-state index >= 15 is 0 Å². The molecule has 0 bridgehead atoms. The number of hydrogen-bond acceptors (Lipinski definition) is 3. The highest BCUT2D eigenvalue weighted by Crippen LogP contribution is 2.29. The van der Waals surface area contributed by atoms with Gasteiger partial charge in [0, 0.05) is 24.8 Å². The summed E-state index contributed by atoms with van der Waals surface area (Å²) in [6.45, 7) is 5.60. The molecule has 1 aromatic rings. The SMILES string of the molecule is CC(O)CN1CCCc2cc(C(C)N)ccc21. The van der Waals surface area contributed by atoms with Crippen LogP contribution in [0.25, 0.3) is 0 Å². The highest BCUT2D eigenvalue weighted by molar-refractivity contribution is 5.57. The predicted octanol–water partition coefficient (Wildman–Crippen LogP) is 1.84. The van der Waals surface area contributed by atoms with Gasteiger partial charge in [0.15, 0.2) is 0 Å². The van der Waals surface area contributed by atoms with Gasteiger partial charge in [-0.15, -0.1) is 0 Å². The van der Waals surface area contributed by atoms with Gasteiger partial charge < -0.3 is 15.7 Å². The Labute approximate surface area is 103 Å². The van der Waals surface area contributed by atoms with Gasteiger partial charge >= 0.3 is 0 Å². The van der Waals surface area contributed by atoms with Crippen LogP contribution in [0.2, 0.25) is 0 Å². The lowest BCUT2D eigenvalue weighted by Gasteiger charge is -2.32. The molecular formula is C14H22N2O. The van der Waals surface area contributed by atoms with Crippen molar-refractivity contribution >= 4 is 5.69 Å². The maximum atomic E-state index is 9.51. The third-order valence-corrected chi connectivity index (χ3v) is 3.33. The van der Waals surface area contributed by atoms with Gasteiger partial charge in [0.25, 0.3) is 0 Å². The van der Waals surface area contributed by atoms with Gasteiger partial charge in [-0.1, -0.05) is 12.1 Å². The van der Waals surface area contributed by atoms with Crippen LogP contribution in [0, 0.1) is 0 Å². The number of β-amino-alcohol motifs (C(OH)–C–C–N with tert-alkyl or cyclic N) is 1. The molecule has 3 N–H and O–H groups in total. The summed E-state index contributed by atoms with van der Waals surface area (Å²) in [4.78, 5) is 2.27. The molecule has 0 radical (unpaired) electrons. The van der Waals surface area contributed by atoms with Crippen molar-refractivity contribution in [2.75, 3.05) is 18.0 Å². The Hall–Kier alpha value is -1.06. The molecule has 94 valence electrons. The number of fused-ring (bicyclic) bond motifs is 1. The number of benzene rings is 1. The molecule has 0 fully saturated rings. The van der Waals surface area contributed by atoms with E-state index in [-0.39, 0.29) is 12.1 Å². The van der Waals surface area contributed by atoms with Crippen LogP contribution in [0.15, 0.2) is 18.2 Å². The molecule has 1 aliphatic heterocycles. The van der Waals surface area contributed by atoms with E-state index in [4.69, 9.17) is 5.73 Å². The summed E-state index contributed by atoms with van der Waals surface area (Å²) in [5.74, 6) is 0. The largest absolute Gasteiger partial charge is 0.392 e. The summed E-state index contributed by atoms with van der Waals surface area (Å²) in [6, 6.07) is 6.56. The Morgan fingerprint density at radius 2 is 2.18 bits per heavy atom. The van der Waals surface area contributed by atoms with Gasteiger partial charge in [0.2, 0.25) is 0 Å². The topological polar surface area (TPSA) is 49.5 Å². The summed E-state index contributed by atoms with van der Waals surface area (Å²) >= 11 is 0. The second kappa shape index (κ2) is 5.07. The first-order chi connectivity index (χ1) is 8.08. The minimum Gasteiger partial charge on any atom is -0.392 e. The fraction of sp³-hybridized carbons (Fsp3) is 0.571. The molecule has 0 spiro atoms. The van der Waals surface area contributed by atoms with E-state index in [2.05, 4.69) is 23.1 Å². The molecule has 0 saturated heterocycles. The molecule has 0 aromatic heterocycles. The van der Waals surface area contributed by atoms with Gasteiger partial charge in [-0.2, -0.15) is 0 Å². The van der Waals surface area contributed by atoms with Crippen molar-refractivity contribution in [3.05, 3.63) is 29.3 Å². The van der Waals surface area contributed by atoms with Crippen LogP contribution in [0.1, 0.15) is 37.4 Å². The number of nitrogens with two attached hydrogens (primary N) is 1. The number of anilines is 1. The van der Waals surface area contributed by atoms with Crippen molar-refractivity contribution < 1.29 is 5.11 Å². The first kappa shape index (κ1) is 12.4. The van der Waals surface area contributed by atoms with Crippen LogP contribution in [-0.2, 0) is 6.42 Å². The molecule has 1 heterocycles. The average Bonchev–Trinajstić information content (AvgIpc) is 2.28. The van der Waals surface area contributed by atoms with Crippen molar-refractivity contribution in [1.29, 1.82) is 0 Å². The molecule has 1 aliphatic rings. The van der Waals surface area contributed by atoms with Gasteiger partial charge in [-0.25, -0.2) is 0 Å². The number of aryl methyl sites for hydroxylation is 1. The van der Waals surface area contributed by atoms with E-state index in [0.717, 1.165) is 19.4 Å². The maximum Gasteiger partial charge on any atom is 0.0687 e. The Bertz CT molecular complexity index is 388. The van der Waals surface area contributed by atoms with E-state index in [0.29, 0.717) is 6.54 Å². The lowest BCUT2D eigenvalue weighted by atomic mass is 9.97. The zero-order valence-electron chi connectivity index (χ0n) is 10.7. The van der Waals surface area contributed by atoms with Crippen molar-refractivity contribution in [3.63, 3.8) is 0 Å². The lowest BCUT2D eigenvalue weighted by molar-refractivity contribution is 0.199. The van der Waals surface area contributed by atoms with Gasteiger partial charge in [-0.3, -0.25) is 0 Å². The smallest absolute Gasteiger partial charge is 0.0687 e. The van der Waals surface area contributed by atoms with Gasteiger partial charge in [0.1, 0.15) is 0 Å². The zero-order chi connectivity index (χ0) is 12.4. The fourth-order valence-corrected chi connectivity index (χ4v) is 2.49. The molecule has 1 aromatic carbocycles. The summed E-state index contributed by atoms with van der Waals surface area (Å²) in [7, 11) is 0. The molecule has 17 heavy (non-hydrogen) atoms. The minimum atomic E-state index is -0.283. The molecule has 2 unspecified atom stereocenters. The number of aliphatic hydroxyl groups excluding tert-OH is 1. The molecule has 3 nitrogen and oxygen atoms in total. The summed E-state index contributed by atoms with van der Waals surface area (Å²) in [5.41, 5.74) is 9.74. The molecular weight excluding hydrogens is 212 g/mol. The van der Waals surface area contributed by atoms with Gasteiger partial charge in [0.05, 0.1) is 6.10 Å². The predicted molar refractivity (Wildman–Crippen MR) is 71.3 cm³/mol. The summed E-state index contributed by atoms with van der Waals surface area (Å²) in [6.07, 6.45) is 1.99. The monoisotopic (exact) mass is 234 g/mol. The van der Waals surface area contributed by atoms with Crippen LogP contribution in [0.4, 0.5) is 5.69 Å². The lowest BCUT2D eigenvalue weighted by Crippen LogP contribution is -2.35. The second-order valence-corrected chi connectivity index (χ2v) is 5.08. The first-order valence-corrected chi connectivity index (χ1v) is 6.39. The van der Waals surface area contributed by atoms with Crippen LogP contribution in [-0.4, -0.2) is 24.3 Å². The van der Waals surface area contributed by atoms with E-state index < -0.39 is 0 Å². The van der Waals surface area contributed by atoms with Crippen molar-refractivity contribution in [1.82, 2.24) is 0 Å². The molecule has 0 aliphatic carbocycles. The van der Waals surface area contributed by atoms with Crippen molar-refractivity contribution in [3.8, 4) is 0 Å². The van der Waals surface area contributed by atoms with Crippen molar-refractivity contribution in [2.45, 2.75) is 38.8 Å². The Morgan fingerprint density at radius 1 is 1.41 bits per heavy atom. The standard InChI is InChI=1S/C14H22N2O/c1-10(17)9-16-7-3-4-13-8-12(11(2)15)5-6-14(13)16/h5-6,8,10-11,17H,3-4,7,9,15H2,1-2H3. The first-order valence-electron chi connectivity index (χ1n) is 6.39. The number of aliphatic hydroxyl groups is 1. The zero-order valence-corrected chi connectivity index (χ0v) is 10.7. The second-order valence-electron chi connectivity index (χ2n) is 5.08. The number of nitrogens with zero attached hydrogens (tertiary/aromatic N) is 1. The molecule has 0 amide bonds. The Morgan fingerprint density at radius 3 is 2.82 bits per heavy atom. The van der Waals surface area contributed by atoms with E-state index in [1.54, 1.807) is 0 Å². The van der Waals surface area contributed by atoms with Gasteiger partial charge in [-0.05, 0) is 43.9 Å². The van der Waals surface area contributed by atoms with E-state index in [1.165, 1.54) is 16.8 Å². The number of rotatable bonds is 3. The minimum absolute atomic E-state index is 0.0902. The third-order valence-electron chi connectivity index (χ3n) is 3.33. The highest BCUT2D eigenvalue weighted by atomic mass is 16.3. The quantitative estimate of drug-likeness (QED) is 0.839.